The normalized spacial score (nSPS) is 15.5. The van der Waals surface area contributed by atoms with E-state index in [2.05, 4.69) is 34.1 Å². The lowest BCUT2D eigenvalue weighted by Crippen LogP contribution is -2.30. The molecule has 1 aliphatic rings. The number of nitrogens with zero attached hydrogens (tertiary/aromatic N) is 2. The first-order chi connectivity index (χ1) is 8.74. The number of hydrogen-bond donors (Lipinski definition) is 0. The quantitative estimate of drug-likeness (QED) is 0.837. The fourth-order valence-corrected chi connectivity index (χ4v) is 2.90. The van der Waals surface area contributed by atoms with Crippen LogP contribution in [0.1, 0.15) is 12.8 Å². The molecule has 0 bridgehead atoms. The van der Waals surface area contributed by atoms with Crippen LogP contribution in [-0.4, -0.2) is 28.5 Å². The predicted molar refractivity (Wildman–Crippen MR) is 75.5 cm³/mol. The molecule has 4 heteroatoms. The van der Waals surface area contributed by atoms with Crippen LogP contribution >= 0.6 is 15.9 Å². The molecule has 1 aromatic heterocycles. The third-order valence-electron chi connectivity index (χ3n) is 3.50. The Labute approximate surface area is 115 Å². The zero-order valence-corrected chi connectivity index (χ0v) is 11.7. The highest BCUT2D eigenvalue weighted by molar-refractivity contribution is 9.10. The van der Waals surface area contributed by atoms with Crippen molar-refractivity contribution >= 4 is 32.7 Å². The molecule has 0 saturated carbocycles. The van der Waals surface area contributed by atoms with Gasteiger partial charge in [-0.15, -0.1) is 0 Å². The molecule has 0 unspecified atom stereocenters. The molecule has 0 spiro atoms. The number of hydrogen-bond acceptors (Lipinski definition) is 1. The molecule has 1 fully saturated rings. The fraction of sp³-hybridized carbons (Fsp3) is 0.357. The molecule has 0 N–H and O–H groups in total. The molecule has 2 heterocycles. The second-order valence-corrected chi connectivity index (χ2v) is 5.65. The van der Waals surface area contributed by atoms with E-state index in [0.717, 1.165) is 35.9 Å². The minimum Gasteiger partial charge on any atom is -0.341 e. The Hall–Kier alpha value is -1.29. The van der Waals surface area contributed by atoms with Crippen LogP contribution in [0.25, 0.3) is 10.9 Å². The average molecular weight is 307 g/mol. The molecule has 1 aromatic carbocycles. The van der Waals surface area contributed by atoms with Crippen LogP contribution in [0.2, 0.25) is 0 Å². The van der Waals surface area contributed by atoms with Crippen molar-refractivity contribution in [3.05, 3.63) is 34.9 Å². The molecule has 1 saturated heterocycles. The van der Waals surface area contributed by atoms with Crippen LogP contribution in [0.4, 0.5) is 0 Å². The molecule has 2 aromatic rings. The number of halogens is 1. The summed E-state index contributed by atoms with van der Waals surface area (Å²) in [4.78, 5) is 14.1. The van der Waals surface area contributed by atoms with Crippen LogP contribution in [0.15, 0.2) is 34.9 Å². The van der Waals surface area contributed by atoms with Gasteiger partial charge in [0.1, 0.15) is 6.54 Å². The molecule has 3 nitrogen and oxygen atoms in total. The largest absolute Gasteiger partial charge is 0.341 e. The number of likely N-dealkylation sites (tertiary alicyclic amines) is 1. The van der Waals surface area contributed by atoms with Crippen LogP contribution in [0, 0.1) is 0 Å². The zero-order valence-electron chi connectivity index (χ0n) is 10.1. The highest BCUT2D eigenvalue weighted by Gasteiger charge is 2.18. The van der Waals surface area contributed by atoms with Crippen LogP contribution in [0.5, 0.6) is 0 Å². The summed E-state index contributed by atoms with van der Waals surface area (Å²) in [6.45, 7) is 2.29. The number of aromatic nitrogens is 1. The van der Waals surface area contributed by atoms with Gasteiger partial charge in [0.15, 0.2) is 0 Å². The smallest absolute Gasteiger partial charge is 0.242 e. The monoisotopic (exact) mass is 306 g/mol. The number of rotatable bonds is 2. The number of benzene rings is 1. The second-order valence-electron chi connectivity index (χ2n) is 4.73. The van der Waals surface area contributed by atoms with Gasteiger partial charge >= 0.3 is 0 Å². The highest BCUT2D eigenvalue weighted by Crippen LogP contribution is 2.21. The molecule has 3 rings (SSSR count). The van der Waals surface area contributed by atoms with Gasteiger partial charge in [0.05, 0.1) is 0 Å². The summed E-state index contributed by atoms with van der Waals surface area (Å²) < 4.78 is 3.10. The summed E-state index contributed by atoms with van der Waals surface area (Å²) >= 11 is 3.46. The molecule has 1 amide bonds. The Morgan fingerprint density at radius 1 is 1.22 bits per heavy atom. The summed E-state index contributed by atoms with van der Waals surface area (Å²) in [7, 11) is 0. The van der Waals surface area contributed by atoms with Crippen molar-refractivity contribution < 1.29 is 4.79 Å². The van der Waals surface area contributed by atoms with Gasteiger partial charge in [-0.3, -0.25) is 4.79 Å². The van der Waals surface area contributed by atoms with E-state index in [9.17, 15) is 4.79 Å². The minimum absolute atomic E-state index is 0.230. The van der Waals surface area contributed by atoms with Gasteiger partial charge in [-0.25, -0.2) is 0 Å². The van der Waals surface area contributed by atoms with Gasteiger partial charge in [0.2, 0.25) is 5.91 Å². The molecular weight excluding hydrogens is 292 g/mol. The molecule has 0 atom stereocenters. The van der Waals surface area contributed by atoms with E-state index >= 15 is 0 Å². The van der Waals surface area contributed by atoms with Crippen molar-refractivity contribution in [1.29, 1.82) is 0 Å². The summed E-state index contributed by atoms with van der Waals surface area (Å²) in [5.41, 5.74) is 1.12. The Kier molecular flexibility index (Phi) is 3.12. The van der Waals surface area contributed by atoms with Crippen molar-refractivity contribution in [2.24, 2.45) is 0 Å². The lowest BCUT2D eigenvalue weighted by molar-refractivity contribution is -0.130. The lowest BCUT2D eigenvalue weighted by Gasteiger charge is -2.16. The molecular formula is C14H15BrN2O. The summed E-state index contributed by atoms with van der Waals surface area (Å²) in [6.07, 6.45) is 4.28. The molecule has 94 valence electrons. The van der Waals surface area contributed by atoms with Crippen LogP contribution in [-0.2, 0) is 11.3 Å². The fourth-order valence-electron chi connectivity index (χ4n) is 2.52. The van der Waals surface area contributed by atoms with Gasteiger partial charge in [-0.05, 0) is 37.1 Å². The Balaban J connectivity index is 1.84. The van der Waals surface area contributed by atoms with E-state index in [1.54, 1.807) is 0 Å². The molecule has 1 aliphatic heterocycles. The lowest BCUT2D eigenvalue weighted by atomic mass is 10.2. The molecule has 18 heavy (non-hydrogen) atoms. The average Bonchev–Trinajstić information content (AvgIpc) is 2.98. The first-order valence-electron chi connectivity index (χ1n) is 6.26. The maximum atomic E-state index is 12.1. The Morgan fingerprint density at radius 2 is 2.00 bits per heavy atom. The van der Waals surface area contributed by atoms with Crippen molar-refractivity contribution in [3.63, 3.8) is 0 Å². The SMILES string of the molecule is O=C(Cn1ccc2cc(Br)ccc21)N1CCCC1. The molecule has 0 aliphatic carbocycles. The van der Waals surface area contributed by atoms with E-state index in [0.29, 0.717) is 6.54 Å². The van der Waals surface area contributed by atoms with Gasteiger partial charge in [0.25, 0.3) is 0 Å². The summed E-state index contributed by atoms with van der Waals surface area (Å²) in [5.74, 6) is 0.230. The first kappa shape index (κ1) is 11.8. The number of carbonyl (C=O) groups is 1. The maximum absolute atomic E-state index is 12.1. The van der Waals surface area contributed by atoms with E-state index < -0.39 is 0 Å². The summed E-state index contributed by atoms with van der Waals surface area (Å²) in [6, 6.07) is 8.19. The predicted octanol–water partition coefficient (Wildman–Crippen LogP) is 3.03. The van der Waals surface area contributed by atoms with Crippen molar-refractivity contribution in [2.75, 3.05) is 13.1 Å². The highest BCUT2D eigenvalue weighted by atomic mass is 79.9. The number of fused-ring (bicyclic) bond motifs is 1. The Bertz CT molecular complexity index is 584. The summed E-state index contributed by atoms with van der Waals surface area (Å²) in [5, 5.41) is 1.17. The van der Waals surface area contributed by atoms with Crippen molar-refractivity contribution in [1.82, 2.24) is 9.47 Å². The number of carbonyl (C=O) groups excluding carboxylic acids is 1. The number of amides is 1. The third-order valence-corrected chi connectivity index (χ3v) is 3.99. The minimum atomic E-state index is 0.230. The van der Waals surface area contributed by atoms with Gasteiger partial charge in [-0.1, -0.05) is 15.9 Å². The van der Waals surface area contributed by atoms with Crippen LogP contribution in [0.3, 0.4) is 0 Å². The van der Waals surface area contributed by atoms with Gasteiger partial charge in [0, 0.05) is 34.7 Å². The third kappa shape index (κ3) is 2.17. The van der Waals surface area contributed by atoms with Crippen LogP contribution < -0.4 is 0 Å². The molecule has 0 radical (unpaired) electrons. The maximum Gasteiger partial charge on any atom is 0.242 e. The van der Waals surface area contributed by atoms with Crippen molar-refractivity contribution in [3.8, 4) is 0 Å². The van der Waals surface area contributed by atoms with Gasteiger partial charge < -0.3 is 9.47 Å². The van der Waals surface area contributed by atoms with Gasteiger partial charge in [-0.2, -0.15) is 0 Å². The topological polar surface area (TPSA) is 25.2 Å². The standard InChI is InChI=1S/C14H15BrN2O/c15-12-3-4-13-11(9-12)5-8-17(13)10-14(18)16-6-1-2-7-16/h3-5,8-9H,1-2,6-7,10H2. The first-order valence-corrected chi connectivity index (χ1v) is 7.05. The second kappa shape index (κ2) is 4.76. The zero-order chi connectivity index (χ0) is 12.5. The van der Waals surface area contributed by atoms with Crippen molar-refractivity contribution in [2.45, 2.75) is 19.4 Å². The van der Waals surface area contributed by atoms with E-state index in [1.165, 1.54) is 5.39 Å². The Morgan fingerprint density at radius 3 is 2.78 bits per heavy atom. The van der Waals surface area contributed by atoms with E-state index in [-0.39, 0.29) is 5.91 Å². The van der Waals surface area contributed by atoms with E-state index in [4.69, 9.17) is 0 Å². The van der Waals surface area contributed by atoms with E-state index in [1.807, 2.05) is 21.7 Å².